The topological polar surface area (TPSA) is 32.3 Å². The lowest BCUT2D eigenvalue weighted by molar-refractivity contribution is 0.0709. The van der Waals surface area contributed by atoms with Crippen LogP contribution in [0.2, 0.25) is 5.02 Å². The van der Waals surface area contributed by atoms with Gasteiger partial charge in [0, 0.05) is 34.8 Å². The Balaban J connectivity index is 2.15. The van der Waals surface area contributed by atoms with Crippen LogP contribution in [0.5, 0.6) is 0 Å². The molecule has 2 rings (SSSR count). The monoisotopic (exact) mass is 364 g/mol. The highest BCUT2D eigenvalue weighted by atomic mass is 127. The molecule has 92 valence electrons. The largest absolute Gasteiger partial charge is 0.336 e. The molecule has 0 saturated carbocycles. The maximum absolute atomic E-state index is 12.2. The summed E-state index contributed by atoms with van der Waals surface area (Å²) in [5.41, 5.74) is 0.671. The van der Waals surface area contributed by atoms with E-state index >= 15 is 0 Å². The fraction of sp³-hybridized carbons (Fsp3) is 0.417. The van der Waals surface area contributed by atoms with Gasteiger partial charge in [-0.25, -0.2) is 0 Å². The van der Waals surface area contributed by atoms with Crippen LogP contribution in [0, 0.1) is 3.57 Å². The number of nitrogens with one attached hydrogen (secondary N) is 1. The van der Waals surface area contributed by atoms with Gasteiger partial charge in [-0.15, -0.1) is 0 Å². The molecule has 1 atom stereocenters. The van der Waals surface area contributed by atoms with E-state index in [9.17, 15) is 4.79 Å². The third-order valence-corrected chi connectivity index (χ3v) is 4.39. The Morgan fingerprint density at radius 3 is 3.00 bits per heavy atom. The van der Waals surface area contributed by atoms with Crippen molar-refractivity contribution in [2.75, 3.05) is 19.6 Å². The number of amides is 1. The Kier molecular flexibility index (Phi) is 4.27. The molecule has 0 radical (unpaired) electrons. The molecule has 5 heteroatoms. The zero-order valence-electron chi connectivity index (χ0n) is 9.54. The summed E-state index contributed by atoms with van der Waals surface area (Å²) in [5, 5.41) is 3.96. The summed E-state index contributed by atoms with van der Waals surface area (Å²) in [6.45, 7) is 4.45. The molecule has 17 heavy (non-hydrogen) atoms. The molecule has 1 aromatic rings. The zero-order valence-corrected chi connectivity index (χ0v) is 12.5. The summed E-state index contributed by atoms with van der Waals surface area (Å²) < 4.78 is 0.967. The summed E-state index contributed by atoms with van der Waals surface area (Å²) in [5.74, 6) is 0.0663. The van der Waals surface area contributed by atoms with Crippen LogP contribution in [0.1, 0.15) is 17.3 Å². The number of hydrogen-bond donors (Lipinski definition) is 1. The van der Waals surface area contributed by atoms with E-state index in [2.05, 4.69) is 34.8 Å². The lowest BCUT2D eigenvalue weighted by Gasteiger charge is -2.32. The summed E-state index contributed by atoms with van der Waals surface area (Å²) >= 11 is 8.19. The normalized spacial score (nSPS) is 20.4. The molecule has 1 N–H and O–H groups in total. The predicted octanol–water partition coefficient (Wildman–Crippen LogP) is 2.38. The fourth-order valence-electron chi connectivity index (χ4n) is 1.93. The fourth-order valence-corrected chi connectivity index (χ4v) is 2.44. The number of hydrogen-bond acceptors (Lipinski definition) is 2. The van der Waals surface area contributed by atoms with E-state index in [1.807, 2.05) is 17.0 Å². The minimum atomic E-state index is 0.0663. The first-order valence-electron chi connectivity index (χ1n) is 5.55. The number of halogens is 2. The zero-order chi connectivity index (χ0) is 12.4. The van der Waals surface area contributed by atoms with Gasteiger partial charge in [-0.3, -0.25) is 4.79 Å². The van der Waals surface area contributed by atoms with Gasteiger partial charge < -0.3 is 10.2 Å². The second-order valence-electron chi connectivity index (χ2n) is 4.24. The van der Waals surface area contributed by atoms with Gasteiger partial charge in [0.15, 0.2) is 0 Å². The molecule has 1 aliphatic heterocycles. The lowest BCUT2D eigenvalue weighted by Crippen LogP contribution is -2.51. The summed E-state index contributed by atoms with van der Waals surface area (Å²) in [7, 11) is 0. The third-order valence-electron chi connectivity index (χ3n) is 2.82. The van der Waals surface area contributed by atoms with Crippen molar-refractivity contribution in [2.45, 2.75) is 13.0 Å². The van der Waals surface area contributed by atoms with Gasteiger partial charge in [0.25, 0.3) is 5.91 Å². The van der Waals surface area contributed by atoms with E-state index in [1.54, 1.807) is 6.07 Å². The van der Waals surface area contributed by atoms with Gasteiger partial charge in [0.2, 0.25) is 0 Å². The van der Waals surface area contributed by atoms with Gasteiger partial charge in [-0.05, 0) is 47.7 Å². The molecule has 1 saturated heterocycles. The van der Waals surface area contributed by atoms with E-state index in [-0.39, 0.29) is 5.91 Å². The van der Waals surface area contributed by atoms with Crippen molar-refractivity contribution in [3.8, 4) is 0 Å². The Morgan fingerprint density at radius 2 is 2.35 bits per heavy atom. The van der Waals surface area contributed by atoms with Gasteiger partial charge in [-0.1, -0.05) is 11.6 Å². The molecule has 3 nitrogen and oxygen atoms in total. The van der Waals surface area contributed by atoms with Crippen molar-refractivity contribution in [1.82, 2.24) is 10.2 Å². The van der Waals surface area contributed by atoms with Crippen molar-refractivity contribution >= 4 is 40.1 Å². The van der Waals surface area contributed by atoms with Crippen LogP contribution in [0.25, 0.3) is 0 Å². The maximum Gasteiger partial charge on any atom is 0.254 e. The first-order valence-corrected chi connectivity index (χ1v) is 7.01. The molecule has 1 heterocycles. The van der Waals surface area contributed by atoms with Crippen LogP contribution in [0.15, 0.2) is 18.2 Å². The minimum Gasteiger partial charge on any atom is -0.336 e. The average molecular weight is 365 g/mol. The van der Waals surface area contributed by atoms with Gasteiger partial charge in [0.05, 0.1) is 5.02 Å². The maximum atomic E-state index is 12.2. The Bertz CT molecular complexity index is 439. The number of carbonyl (C=O) groups is 1. The van der Waals surface area contributed by atoms with Crippen molar-refractivity contribution in [3.63, 3.8) is 0 Å². The molecule has 1 amide bonds. The standard InChI is InChI=1S/C12H14ClIN2O/c1-8-7-16(5-4-15-8)12(17)9-2-3-11(14)10(13)6-9/h2-3,6,8,15H,4-5,7H2,1H3. The van der Waals surface area contributed by atoms with Crippen LogP contribution in [0.3, 0.4) is 0 Å². The lowest BCUT2D eigenvalue weighted by atomic mass is 10.1. The number of nitrogens with zero attached hydrogens (tertiary/aromatic N) is 1. The van der Waals surface area contributed by atoms with Crippen LogP contribution in [-0.2, 0) is 0 Å². The molecule has 1 aliphatic rings. The molecule has 1 unspecified atom stereocenters. The third kappa shape index (κ3) is 3.11. The highest BCUT2D eigenvalue weighted by Crippen LogP contribution is 2.20. The summed E-state index contributed by atoms with van der Waals surface area (Å²) in [6.07, 6.45) is 0. The number of carbonyl (C=O) groups excluding carboxylic acids is 1. The predicted molar refractivity (Wildman–Crippen MR) is 77.5 cm³/mol. The second-order valence-corrected chi connectivity index (χ2v) is 5.80. The molecule has 0 bridgehead atoms. The van der Waals surface area contributed by atoms with E-state index < -0.39 is 0 Å². The van der Waals surface area contributed by atoms with E-state index in [0.29, 0.717) is 16.6 Å². The average Bonchev–Trinajstić information content (AvgIpc) is 2.32. The Morgan fingerprint density at radius 1 is 1.59 bits per heavy atom. The Hall–Kier alpha value is -0.330. The van der Waals surface area contributed by atoms with Crippen molar-refractivity contribution in [3.05, 3.63) is 32.4 Å². The smallest absolute Gasteiger partial charge is 0.254 e. The Labute approximate surface area is 120 Å². The van der Waals surface area contributed by atoms with Crippen LogP contribution in [0.4, 0.5) is 0 Å². The van der Waals surface area contributed by atoms with E-state index in [1.165, 1.54) is 0 Å². The highest BCUT2D eigenvalue weighted by Gasteiger charge is 2.21. The van der Waals surface area contributed by atoms with Crippen molar-refractivity contribution in [1.29, 1.82) is 0 Å². The summed E-state index contributed by atoms with van der Waals surface area (Å²) in [6, 6.07) is 5.81. The molecule has 0 aliphatic carbocycles. The van der Waals surface area contributed by atoms with Crippen LogP contribution in [-0.4, -0.2) is 36.5 Å². The number of rotatable bonds is 1. The molecule has 0 spiro atoms. The molecular weight excluding hydrogens is 351 g/mol. The van der Waals surface area contributed by atoms with Gasteiger partial charge in [0.1, 0.15) is 0 Å². The molecule has 0 aromatic heterocycles. The summed E-state index contributed by atoms with van der Waals surface area (Å²) in [4.78, 5) is 14.1. The van der Waals surface area contributed by atoms with Gasteiger partial charge in [-0.2, -0.15) is 0 Å². The van der Waals surface area contributed by atoms with Crippen molar-refractivity contribution < 1.29 is 4.79 Å². The van der Waals surface area contributed by atoms with Crippen LogP contribution < -0.4 is 5.32 Å². The van der Waals surface area contributed by atoms with E-state index in [4.69, 9.17) is 11.6 Å². The molecule has 1 fully saturated rings. The number of benzene rings is 1. The second kappa shape index (κ2) is 5.54. The minimum absolute atomic E-state index is 0.0663. The number of piperazine rings is 1. The van der Waals surface area contributed by atoms with Crippen LogP contribution >= 0.6 is 34.2 Å². The molecular formula is C12H14ClIN2O. The van der Waals surface area contributed by atoms with Crippen molar-refractivity contribution in [2.24, 2.45) is 0 Å². The SMILES string of the molecule is CC1CN(C(=O)c2ccc(I)c(Cl)c2)CCN1. The van der Waals surface area contributed by atoms with Gasteiger partial charge >= 0.3 is 0 Å². The first kappa shape index (κ1) is 13.1. The van der Waals surface area contributed by atoms with E-state index in [0.717, 1.165) is 23.2 Å². The molecule has 1 aromatic carbocycles. The highest BCUT2D eigenvalue weighted by molar-refractivity contribution is 14.1. The quantitative estimate of drug-likeness (QED) is 0.776. The first-order chi connectivity index (χ1) is 8.08.